The second-order valence-corrected chi connectivity index (χ2v) is 8.21. The third-order valence-corrected chi connectivity index (χ3v) is 6.27. The molecule has 1 saturated carbocycles. The Morgan fingerprint density at radius 3 is 2.19 bits per heavy atom. The molecule has 0 spiro atoms. The normalized spacial score (nSPS) is 13.8. The van der Waals surface area contributed by atoms with Gasteiger partial charge in [-0.15, -0.1) is 0 Å². The molecule has 1 fully saturated rings. The average Bonchev–Trinajstić information content (AvgIpc) is 3.53. The van der Waals surface area contributed by atoms with Crippen molar-refractivity contribution in [3.05, 3.63) is 102 Å². The van der Waals surface area contributed by atoms with Crippen LogP contribution in [0.1, 0.15) is 36.2 Å². The van der Waals surface area contributed by atoms with Gasteiger partial charge in [0.05, 0.1) is 6.54 Å². The highest BCUT2D eigenvalue weighted by atomic mass is 79.9. The lowest BCUT2D eigenvalue weighted by Gasteiger charge is -2.31. The van der Waals surface area contributed by atoms with E-state index in [4.69, 9.17) is 5.73 Å². The van der Waals surface area contributed by atoms with E-state index in [0.717, 1.165) is 23.6 Å². The van der Waals surface area contributed by atoms with E-state index < -0.39 is 5.41 Å². The molecule has 31 heavy (non-hydrogen) atoms. The number of benzene rings is 2. The minimum atomic E-state index is -0.865. The SMILES string of the molecule is Cc1n(CCC(C(N)=O)(c2ccccc2)c2ccccc2)cc[n+]1C/C=C/C1CC1.[Br-]. The van der Waals surface area contributed by atoms with E-state index in [1.165, 1.54) is 18.7 Å². The van der Waals surface area contributed by atoms with E-state index in [1.807, 2.05) is 60.7 Å². The van der Waals surface area contributed by atoms with E-state index in [0.29, 0.717) is 13.0 Å². The van der Waals surface area contributed by atoms with Crippen LogP contribution in [0.25, 0.3) is 0 Å². The van der Waals surface area contributed by atoms with Gasteiger partial charge in [-0.25, -0.2) is 9.13 Å². The minimum absolute atomic E-state index is 0. The summed E-state index contributed by atoms with van der Waals surface area (Å²) in [6.07, 6.45) is 12.1. The molecule has 3 aromatic rings. The molecule has 5 heteroatoms. The van der Waals surface area contributed by atoms with Crippen LogP contribution in [0.3, 0.4) is 0 Å². The molecule has 0 bridgehead atoms. The van der Waals surface area contributed by atoms with Crippen LogP contribution in [-0.2, 0) is 23.3 Å². The Morgan fingerprint density at radius 2 is 1.68 bits per heavy atom. The number of amides is 1. The van der Waals surface area contributed by atoms with E-state index in [9.17, 15) is 4.79 Å². The van der Waals surface area contributed by atoms with Gasteiger partial charge in [0.15, 0.2) is 0 Å². The van der Waals surface area contributed by atoms with Gasteiger partial charge >= 0.3 is 0 Å². The molecule has 1 aliphatic rings. The fourth-order valence-electron chi connectivity index (χ4n) is 4.22. The van der Waals surface area contributed by atoms with Gasteiger partial charge in [-0.05, 0) is 36.0 Å². The maximum absolute atomic E-state index is 12.9. The van der Waals surface area contributed by atoms with Crippen LogP contribution >= 0.6 is 0 Å². The molecule has 1 aromatic heterocycles. The van der Waals surface area contributed by atoms with E-state index in [1.54, 1.807) is 0 Å². The molecule has 0 saturated heterocycles. The molecule has 0 unspecified atom stereocenters. The Hall–Kier alpha value is -2.66. The molecule has 1 aliphatic carbocycles. The van der Waals surface area contributed by atoms with Gasteiger partial charge < -0.3 is 22.7 Å². The lowest BCUT2D eigenvalue weighted by atomic mass is 9.71. The Morgan fingerprint density at radius 1 is 1.10 bits per heavy atom. The van der Waals surface area contributed by atoms with E-state index in [-0.39, 0.29) is 22.9 Å². The molecular weight excluding hydrogens is 450 g/mol. The highest BCUT2D eigenvalue weighted by Crippen LogP contribution is 2.36. The number of hydrogen-bond acceptors (Lipinski definition) is 1. The predicted octanol–water partition coefficient (Wildman–Crippen LogP) is 0.916. The van der Waals surface area contributed by atoms with E-state index >= 15 is 0 Å². The summed E-state index contributed by atoms with van der Waals surface area (Å²) in [6, 6.07) is 19.8. The third kappa shape index (κ3) is 4.99. The van der Waals surface area contributed by atoms with Crippen molar-refractivity contribution < 1.29 is 26.3 Å². The molecule has 0 atom stereocenters. The van der Waals surface area contributed by atoms with Crippen LogP contribution in [0.4, 0.5) is 0 Å². The Kier molecular flexibility index (Phi) is 7.50. The topological polar surface area (TPSA) is 51.9 Å². The van der Waals surface area contributed by atoms with Crippen molar-refractivity contribution in [3.8, 4) is 0 Å². The summed E-state index contributed by atoms with van der Waals surface area (Å²) in [5.74, 6) is 1.65. The number of primary amides is 1. The largest absolute Gasteiger partial charge is 1.00 e. The van der Waals surface area contributed by atoms with Crippen LogP contribution in [0.15, 0.2) is 85.2 Å². The molecule has 4 rings (SSSR count). The van der Waals surface area contributed by atoms with Gasteiger partial charge in [0.2, 0.25) is 5.91 Å². The van der Waals surface area contributed by atoms with Crippen molar-refractivity contribution >= 4 is 5.91 Å². The zero-order valence-corrected chi connectivity index (χ0v) is 19.5. The molecule has 1 amide bonds. The van der Waals surface area contributed by atoms with Crippen molar-refractivity contribution in [2.24, 2.45) is 11.7 Å². The molecule has 2 aromatic carbocycles. The maximum Gasteiger partial charge on any atom is 0.253 e. The van der Waals surface area contributed by atoms with Crippen molar-refractivity contribution in [3.63, 3.8) is 0 Å². The summed E-state index contributed by atoms with van der Waals surface area (Å²) >= 11 is 0. The molecular formula is C26H30BrN3O. The molecule has 0 aliphatic heterocycles. The predicted molar refractivity (Wildman–Crippen MR) is 119 cm³/mol. The first-order valence-corrected chi connectivity index (χ1v) is 10.7. The lowest BCUT2D eigenvalue weighted by molar-refractivity contribution is -0.692. The van der Waals surface area contributed by atoms with Gasteiger partial charge in [-0.1, -0.05) is 66.7 Å². The van der Waals surface area contributed by atoms with Crippen LogP contribution in [0.5, 0.6) is 0 Å². The molecule has 4 nitrogen and oxygen atoms in total. The summed E-state index contributed by atoms with van der Waals surface area (Å²) in [4.78, 5) is 12.9. The monoisotopic (exact) mass is 479 g/mol. The standard InChI is InChI=1S/C26H29N3O.BrH/c1-21-28(17-8-9-22-14-15-22)19-20-29(21)18-16-26(25(27)30,23-10-4-2-5-11-23)24-12-6-3-7-13-24;/h2-13,19-20,22H,14-18H2,1H3,(H-,27,30);1H/b9-8+;. The van der Waals surface area contributed by atoms with Crippen molar-refractivity contribution in [1.29, 1.82) is 0 Å². The number of nitrogens with zero attached hydrogens (tertiary/aromatic N) is 2. The van der Waals surface area contributed by atoms with Crippen molar-refractivity contribution in [2.75, 3.05) is 0 Å². The van der Waals surface area contributed by atoms with Gasteiger partial charge in [0.25, 0.3) is 5.82 Å². The number of aryl methyl sites for hydroxylation is 1. The quantitative estimate of drug-likeness (QED) is 0.360. The second-order valence-electron chi connectivity index (χ2n) is 8.21. The minimum Gasteiger partial charge on any atom is -1.00 e. The molecule has 162 valence electrons. The van der Waals surface area contributed by atoms with Crippen LogP contribution in [0.2, 0.25) is 0 Å². The number of carbonyl (C=O) groups is 1. The highest BCUT2D eigenvalue weighted by molar-refractivity contribution is 5.90. The number of imidazole rings is 1. The summed E-state index contributed by atoms with van der Waals surface area (Å²) in [5.41, 5.74) is 7.09. The third-order valence-electron chi connectivity index (χ3n) is 6.27. The Bertz CT molecular complexity index is 984. The van der Waals surface area contributed by atoms with Gasteiger partial charge in [0, 0.05) is 13.3 Å². The smallest absolute Gasteiger partial charge is 0.253 e. The number of rotatable bonds is 9. The average molecular weight is 480 g/mol. The van der Waals surface area contributed by atoms with Crippen LogP contribution in [-0.4, -0.2) is 10.5 Å². The van der Waals surface area contributed by atoms with Gasteiger partial charge in [0.1, 0.15) is 24.4 Å². The number of halogens is 1. The summed E-state index contributed by atoms with van der Waals surface area (Å²) in [7, 11) is 0. The van der Waals surface area contributed by atoms with Crippen molar-refractivity contribution in [2.45, 2.75) is 44.7 Å². The Balaban J connectivity index is 0.00000272. The lowest BCUT2D eigenvalue weighted by Crippen LogP contribution is -3.00. The first-order chi connectivity index (χ1) is 14.6. The Labute approximate surface area is 195 Å². The molecule has 0 radical (unpaired) electrons. The zero-order chi connectivity index (χ0) is 21.0. The number of nitrogens with two attached hydrogens (primary N) is 1. The van der Waals surface area contributed by atoms with Crippen LogP contribution in [0, 0.1) is 12.8 Å². The fraction of sp³-hybridized carbons (Fsp3) is 0.308. The number of aromatic nitrogens is 2. The van der Waals surface area contributed by atoms with Gasteiger partial charge in [-0.3, -0.25) is 4.79 Å². The second kappa shape index (κ2) is 10.1. The summed E-state index contributed by atoms with van der Waals surface area (Å²) < 4.78 is 4.46. The molecule has 2 N–H and O–H groups in total. The first-order valence-electron chi connectivity index (χ1n) is 10.7. The fourth-order valence-corrected chi connectivity index (χ4v) is 4.22. The maximum atomic E-state index is 12.9. The first kappa shape index (κ1) is 23.0. The summed E-state index contributed by atoms with van der Waals surface area (Å²) in [5, 5.41) is 0. The summed E-state index contributed by atoms with van der Waals surface area (Å²) in [6.45, 7) is 3.72. The van der Waals surface area contributed by atoms with Gasteiger partial charge in [-0.2, -0.15) is 0 Å². The van der Waals surface area contributed by atoms with E-state index in [2.05, 4.69) is 40.6 Å². The zero-order valence-electron chi connectivity index (χ0n) is 18.0. The highest BCUT2D eigenvalue weighted by Gasteiger charge is 2.40. The molecule has 1 heterocycles. The number of allylic oxidation sites excluding steroid dienone is 2. The van der Waals surface area contributed by atoms with Crippen LogP contribution < -0.4 is 27.3 Å². The number of hydrogen-bond donors (Lipinski definition) is 1. The number of carbonyl (C=O) groups excluding carboxylic acids is 1. The van der Waals surface area contributed by atoms with Crippen molar-refractivity contribution in [1.82, 2.24) is 4.57 Å².